The van der Waals surface area contributed by atoms with Crippen molar-refractivity contribution >= 4 is 16.9 Å². The topological polar surface area (TPSA) is 56.2 Å². The van der Waals surface area contributed by atoms with Gasteiger partial charge in [-0.2, -0.15) is 0 Å². The van der Waals surface area contributed by atoms with Crippen LogP contribution in [0.5, 0.6) is 5.75 Å². The van der Waals surface area contributed by atoms with E-state index in [0.717, 1.165) is 53.1 Å². The molecule has 176 valence electrons. The molecule has 0 aliphatic heterocycles. The van der Waals surface area contributed by atoms with Crippen LogP contribution in [-0.2, 0) is 13.0 Å². The third-order valence-electron chi connectivity index (χ3n) is 6.10. The highest BCUT2D eigenvalue weighted by Gasteiger charge is 2.13. The molecule has 0 saturated carbocycles. The molecule has 5 nitrogen and oxygen atoms in total. The number of nitrogens with one attached hydrogen (secondary N) is 1. The van der Waals surface area contributed by atoms with E-state index < -0.39 is 0 Å². The molecule has 0 aliphatic carbocycles. The van der Waals surface area contributed by atoms with Gasteiger partial charge in [-0.15, -0.1) is 0 Å². The summed E-state index contributed by atoms with van der Waals surface area (Å²) < 4.78 is 8.43. The Morgan fingerprint density at radius 1 is 1.00 bits per heavy atom. The van der Waals surface area contributed by atoms with Crippen molar-refractivity contribution in [2.45, 2.75) is 46.1 Å². The zero-order valence-electron chi connectivity index (χ0n) is 20.3. The van der Waals surface area contributed by atoms with Gasteiger partial charge in [-0.3, -0.25) is 4.79 Å². The van der Waals surface area contributed by atoms with Crippen LogP contribution in [0, 0.1) is 6.92 Å². The minimum absolute atomic E-state index is 0.0242. The molecule has 1 amide bonds. The molecule has 34 heavy (non-hydrogen) atoms. The van der Waals surface area contributed by atoms with Gasteiger partial charge in [0.15, 0.2) is 0 Å². The van der Waals surface area contributed by atoms with Crippen LogP contribution in [0.15, 0.2) is 72.8 Å². The zero-order chi connectivity index (χ0) is 23.9. The van der Waals surface area contributed by atoms with Crippen LogP contribution in [0.25, 0.3) is 11.0 Å². The van der Waals surface area contributed by atoms with Gasteiger partial charge in [0, 0.05) is 18.5 Å². The zero-order valence-corrected chi connectivity index (χ0v) is 20.3. The van der Waals surface area contributed by atoms with Crippen LogP contribution in [0.4, 0.5) is 0 Å². The number of hydrogen-bond donors (Lipinski definition) is 1. The van der Waals surface area contributed by atoms with E-state index in [0.29, 0.717) is 19.1 Å². The van der Waals surface area contributed by atoms with Crippen molar-refractivity contribution < 1.29 is 9.53 Å². The first-order valence-corrected chi connectivity index (χ1v) is 12.0. The Kier molecular flexibility index (Phi) is 7.63. The third kappa shape index (κ3) is 5.48. The molecule has 0 radical (unpaired) electrons. The number of hydrogen-bond acceptors (Lipinski definition) is 3. The number of rotatable bonds is 10. The van der Waals surface area contributed by atoms with Crippen molar-refractivity contribution in [1.82, 2.24) is 14.9 Å². The summed E-state index contributed by atoms with van der Waals surface area (Å²) in [4.78, 5) is 17.4. The number of benzene rings is 3. The van der Waals surface area contributed by atoms with Crippen molar-refractivity contribution in [3.05, 3.63) is 95.3 Å². The van der Waals surface area contributed by atoms with Gasteiger partial charge in [-0.25, -0.2) is 4.98 Å². The highest BCUT2D eigenvalue weighted by atomic mass is 16.5. The fourth-order valence-corrected chi connectivity index (χ4v) is 4.27. The summed E-state index contributed by atoms with van der Waals surface area (Å²) >= 11 is 0. The summed E-state index contributed by atoms with van der Waals surface area (Å²) in [6, 6.07) is 24.1. The lowest BCUT2D eigenvalue weighted by Gasteiger charge is -2.15. The van der Waals surface area contributed by atoms with E-state index in [2.05, 4.69) is 41.9 Å². The Hall–Kier alpha value is -3.60. The first kappa shape index (κ1) is 23.6. The first-order chi connectivity index (χ1) is 16.5. The van der Waals surface area contributed by atoms with Crippen LogP contribution >= 0.6 is 0 Å². The average Bonchev–Trinajstić information content (AvgIpc) is 3.19. The summed E-state index contributed by atoms with van der Waals surface area (Å²) in [5.74, 6) is 2.36. The molecule has 0 atom stereocenters. The highest BCUT2D eigenvalue weighted by molar-refractivity contribution is 5.95. The second-order valence-corrected chi connectivity index (χ2v) is 8.88. The number of carbonyl (C=O) groups is 1. The van der Waals surface area contributed by atoms with E-state index in [-0.39, 0.29) is 5.91 Å². The molecular weight excluding hydrogens is 422 g/mol. The normalized spacial score (nSPS) is 11.2. The lowest BCUT2D eigenvalue weighted by Crippen LogP contribution is -2.25. The number of aromatic nitrogens is 2. The second kappa shape index (κ2) is 11.0. The third-order valence-corrected chi connectivity index (χ3v) is 6.10. The summed E-state index contributed by atoms with van der Waals surface area (Å²) in [6.07, 6.45) is 1.60. The molecule has 1 aromatic heterocycles. The smallest absolute Gasteiger partial charge is 0.251 e. The highest BCUT2D eigenvalue weighted by Crippen LogP contribution is 2.26. The van der Waals surface area contributed by atoms with Crippen LogP contribution in [-0.4, -0.2) is 28.6 Å². The van der Waals surface area contributed by atoms with E-state index >= 15 is 0 Å². The lowest BCUT2D eigenvalue weighted by molar-refractivity contribution is 0.0952. The summed E-state index contributed by atoms with van der Waals surface area (Å²) in [5.41, 5.74) is 5.04. The van der Waals surface area contributed by atoms with E-state index in [1.54, 1.807) is 0 Å². The molecule has 1 heterocycles. The van der Waals surface area contributed by atoms with Crippen LogP contribution in [0.3, 0.4) is 0 Å². The first-order valence-electron chi connectivity index (χ1n) is 12.0. The fourth-order valence-electron chi connectivity index (χ4n) is 4.27. The SMILES string of the molecule is Cc1ccccc1C(=O)NCCCc1nc2ccccc2n1CCOc1ccccc1C(C)C. The lowest BCUT2D eigenvalue weighted by atomic mass is 10.0. The van der Waals surface area contributed by atoms with Crippen LogP contribution in [0.1, 0.15) is 53.5 Å². The fraction of sp³-hybridized carbons (Fsp3) is 0.310. The van der Waals surface area contributed by atoms with Gasteiger partial charge in [0.2, 0.25) is 0 Å². The van der Waals surface area contributed by atoms with Gasteiger partial charge in [0.05, 0.1) is 17.6 Å². The molecule has 3 aromatic carbocycles. The van der Waals surface area contributed by atoms with Crippen molar-refractivity contribution in [2.24, 2.45) is 0 Å². The molecule has 0 aliphatic rings. The predicted octanol–water partition coefficient (Wildman–Crippen LogP) is 5.91. The maximum Gasteiger partial charge on any atom is 0.251 e. The Balaban J connectivity index is 1.39. The van der Waals surface area contributed by atoms with Gasteiger partial charge >= 0.3 is 0 Å². The van der Waals surface area contributed by atoms with Crippen molar-refractivity contribution in [1.29, 1.82) is 0 Å². The molecule has 1 N–H and O–H groups in total. The van der Waals surface area contributed by atoms with Crippen LogP contribution in [0.2, 0.25) is 0 Å². The van der Waals surface area contributed by atoms with E-state index in [4.69, 9.17) is 9.72 Å². The number of ether oxygens (including phenoxy) is 1. The molecule has 0 fully saturated rings. The standard InChI is InChI=1S/C29H33N3O2/c1-21(2)23-12-6-9-16-27(23)34-20-19-32-26-15-8-7-14-25(26)31-28(32)17-10-18-30-29(33)24-13-5-4-11-22(24)3/h4-9,11-16,21H,10,17-20H2,1-3H3,(H,30,33). The molecule has 0 unspecified atom stereocenters. The number of carbonyl (C=O) groups excluding carboxylic acids is 1. The minimum Gasteiger partial charge on any atom is -0.491 e. The molecule has 5 heteroatoms. The van der Waals surface area contributed by atoms with Gasteiger partial charge < -0.3 is 14.6 Å². The Bertz CT molecular complexity index is 1260. The van der Waals surface area contributed by atoms with Crippen molar-refractivity contribution in [3.8, 4) is 5.75 Å². The maximum atomic E-state index is 12.5. The molecule has 4 rings (SSSR count). The van der Waals surface area contributed by atoms with E-state index in [1.807, 2.05) is 61.5 Å². The Morgan fingerprint density at radius 3 is 2.56 bits per heavy atom. The van der Waals surface area contributed by atoms with Gasteiger partial charge in [-0.1, -0.05) is 62.4 Å². The van der Waals surface area contributed by atoms with Gasteiger partial charge in [0.1, 0.15) is 18.2 Å². The summed E-state index contributed by atoms with van der Waals surface area (Å²) in [5, 5.41) is 3.04. The predicted molar refractivity (Wildman–Crippen MR) is 138 cm³/mol. The number of nitrogens with zero attached hydrogens (tertiary/aromatic N) is 2. The maximum absolute atomic E-state index is 12.5. The van der Waals surface area contributed by atoms with Crippen molar-refractivity contribution in [2.75, 3.05) is 13.2 Å². The number of aryl methyl sites for hydroxylation is 2. The monoisotopic (exact) mass is 455 g/mol. The van der Waals surface area contributed by atoms with Crippen LogP contribution < -0.4 is 10.1 Å². The molecule has 4 aromatic rings. The second-order valence-electron chi connectivity index (χ2n) is 8.88. The number of para-hydroxylation sites is 3. The molecular formula is C29H33N3O2. The molecule has 0 saturated heterocycles. The molecule has 0 bridgehead atoms. The summed E-state index contributed by atoms with van der Waals surface area (Å²) in [6.45, 7) is 8.22. The average molecular weight is 456 g/mol. The van der Waals surface area contributed by atoms with E-state index in [1.165, 1.54) is 5.56 Å². The number of imidazole rings is 1. The van der Waals surface area contributed by atoms with Gasteiger partial charge in [0.25, 0.3) is 5.91 Å². The summed E-state index contributed by atoms with van der Waals surface area (Å²) in [7, 11) is 0. The number of amides is 1. The van der Waals surface area contributed by atoms with E-state index in [9.17, 15) is 4.79 Å². The largest absolute Gasteiger partial charge is 0.491 e. The Morgan fingerprint density at radius 2 is 1.74 bits per heavy atom. The number of fused-ring (bicyclic) bond motifs is 1. The van der Waals surface area contributed by atoms with Gasteiger partial charge in [-0.05, 0) is 54.7 Å². The quantitative estimate of drug-likeness (QED) is 0.303. The van der Waals surface area contributed by atoms with Crippen molar-refractivity contribution in [3.63, 3.8) is 0 Å². The minimum atomic E-state index is -0.0242. The molecule has 0 spiro atoms. The Labute approximate surface area is 201 Å².